The molecular weight excluding hydrogens is 425 g/mol. The van der Waals surface area contributed by atoms with E-state index in [1.54, 1.807) is 49.6 Å². The second-order valence-corrected chi connectivity index (χ2v) is 8.29. The van der Waals surface area contributed by atoms with E-state index in [9.17, 15) is 15.3 Å². The number of aliphatic hydroxyl groups excluding tert-OH is 3. The van der Waals surface area contributed by atoms with Crippen molar-refractivity contribution in [2.24, 2.45) is 0 Å². The summed E-state index contributed by atoms with van der Waals surface area (Å²) in [7, 11) is 1.56. The van der Waals surface area contributed by atoms with Crippen molar-refractivity contribution >= 4 is 40.7 Å². The number of methoxy groups -OCH3 is 1. The maximum atomic E-state index is 10.8. The molecule has 2 aromatic rings. The van der Waals surface area contributed by atoms with E-state index >= 15 is 0 Å². The lowest BCUT2D eigenvalue weighted by molar-refractivity contribution is -0.156. The summed E-state index contributed by atoms with van der Waals surface area (Å²) in [5, 5.41) is 35.0. The molecule has 28 heavy (non-hydrogen) atoms. The molecule has 1 aliphatic rings. The maximum Gasteiger partial charge on any atom is 0.136 e. The van der Waals surface area contributed by atoms with Crippen molar-refractivity contribution in [3.05, 3.63) is 52.5 Å². The first-order valence-electron chi connectivity index (χ1n) is 8.57. The molecule has 0 saturated carbocycles. The average molecular weight is 446 g/mol. The largest absolute Gasteiger partial charge is 0.497 e. The van der Waals surface area contributed by atoms with Crippen LogP contribution in [0.1, 0.15) is 0 Å². The van der Waals surface area contributed by atoms with Gasteiger partial charge in [0.05, 0.1) is 29.8 Å². The van der Waals surface area contributed by atoms with E-state index in [1.165, 1.54) is 11.8 Å². The number of aliphatic hydroxyl groups is 3. The Morgan fingerprint density at radius 1 is 1.11 bits per heavy atom. The third-order valence-electron chi connectivity index (χ3n) is 4.43. The Hall–Kier alpha value is -1.19. The quantitative estimate of drug-likeness (QED) is 0.542. The molecule has 0 unspecified atom stereocenters. The molecule has 4 N–H and O–H groups in total. The molecule has 1 aliphatic heterocycles. The summed E-state index contributed by atoms with van der Waals surface area (Å²) in [6, 6.07) is 11.5. The van der Waals surface area contributed by atoms with Crippen LogP contribution in [0.5, 0.6) is 5.75 Å². The molecule has 1 saturated heterocycles. The van der Waals surface area contributed by atoms with Crippen molar-refractivity contribution < 1.29 is 24.8 Å². The van der Waals surface area contributed by atoms with Gasteiger partial charge >= 0.3 is 0 Å². The molecule has 9 heteroatoms. The monoisotopic (exact) mass is 445 g/mol. The van der Waals surface area contributed by atoms with E-state index in [4.69, 9.17) is 32.7 Å². The van der Waals surface area contributed by atoms with Gasteiger partial charge in [0.25, 0.3) is 0 Å². The minimum absolute atomic E-state index is 0.386. The van der Waals surface area contributed by atoms with Crippen LogP contribution >= 0.6 is 35.0 Å². The van der Waals surface area contributed by atoms with E-state index < -0.39 is 29.8 Å². The summed E-state index contributed by atoms with van der Waals surface area (Å²) < 4.78 is 10.9. The molecule has 152 valence electrons. The Bertz CT molecular complexity index is 812. The number of halogens is 2. The molecule has 5 atom stereocenters. The van der Waals surface area contributed by atoms with Gasteiger partial charge in [0.2, 0.25) is 0 Å². The summed E-state index contributed by atoms with van der Waals surface area (Å²) in [5.74, 6) is 0.640. The highest BCUT2D eigenvalue weighted by Gasteiger charge is 2.44. The first-order chi connectivity index (χ1) is 13.4. The highest BCUT2D eigenvalue weighted by Crippen LogP contribution is 2.36. The predicted octanol–water partition coefficient (Wildman–Crippen LogP) is 3.01. The number of hydrogen-bond acceptors (Lipinski definition) is 7. The Kier molecular flexibility index (Phi) is 7.33. The first kappa shape index (κ1) is 21.5. The summed E-state index contributed by atoms with van der Waals surface area (Å²) >= 11 is 13.2. The topological polar surface area (TPSA) is 91.2 Å². The van der Waals surface area contributed by atoms with E-state index in [2.05, 4.69) is 5.32 Å². The Morgan fingerprint density at radius 3 is 2.57 bits per heavy atom. The summed E-state index contributed by atoms with van der Waals surface area (Å²) in [6.07, 6.45) is -3.04. The smallest absolute Gasteiger partial charge is 0.136 e. The van der Waals surface area contributed by atoms with Crippen molar-refractivity contribution in [2.75, 3.05) is 19.0 Å². The zero-order valence-corrected chi connectivity index (χ0v) is 17.3. The zero-order valence-electron chi connectivity index (χ0n) is 15.0. The van der Waals surface area contributed by atoms with Crippen molar-refractivity contribution in [2.45, 2.75) is 34.7 Å². The van der Waals surface area contributed by atoms with Crippen LogP contribution in [0.3, 0.4) is 0 Å². The van der Waals surface area contributed by atoms with Crippen molar-refractivity contribution in [1.29, 1.82) is 0 Å². The minimum Gasteiger partial charge on any atom is -0.497 e. The van der Waals surface area contributed by atoms with Crippen molar-refractivity contribution in [1.82, 2.24) is 0 Å². The van der Waals surface area contributed by atoms with Gasteiger partial charge in [-0.2, -0.15) is 0 Å². The van der Waals surface area contributed by atoms with E-state index in [1.807, 2.05) is 0 Å². The van der Waals surface area contributed by atoms with Crippen LogP contribution in [0.25, 0.3) is 0 Å². The third-order valence-corrected chi connectivity index (χ3v) is 6.32. The number of ether oxygens (including phenoxy) is 2. The van der Waals surface area contributed by atoms with Crippen LogP contribution in [0, 0.1) is 0 Å². The molecule has 0 amide bonds. The number of rotatable bonds is 6. The van der Waals surface area contributed by atoms with Gasteiger partial charge in [-0.1, -0.05) is 41.0 Å². The average Bonchev–Trinajstić information content (AvgIpc) is 2.70. The van der Waals surface area contributed by atoms with Gasteiger partial charge in [-0.25, -0.2) is 0 Å². The van der Waals surface area contributed by atoms with Gasteiger partial charge in [0.1, 0.15) is 29.5 Å². The van der Waals surface area contributed by atoms with Gasteiger partial charge in [0.15, 0.2) is 0 Å². The van der Waals surface area contributed by atoms with Crippen LogP contribution in [0.15, 0.2) is 47.4 Å². The minimum atomic E-state index is -1.11. The number of benzene rings is 2. The van der Waals surface area contributed by atoms with E-state index in [-0.39, 0.29) is 6.61 Å². The number of nitrogens with one attached hydrogen (secondary N) is 1. The summed E-state index contributed by atoms with van der Waals surface area (Å²) in [5.41, 5.74) is -0.0692. The van der Waals surface area contributed by atoms with Crippen LogP contribution in [-0.4, -0.2) is 58.8 Å². The van der Waals surface area contributed by atoms with Crippen LogP contribution in [-0.2, 0) is 4.74 Å². The Balaban J connectivity index is 1.80. The highest BCUT2D eigenvalue weighted by atomic mass is 35.5. The maximum absolute atomic E-state index is 10.8. The fraction of sp³-hybridized carbons (Fsp3) is 0.368. The number of hydrogen-bond donors (Lipinski definition) is 4. The molecule has 6 nitrogen and oxygen atoms in total. The number of anilines is 1. The lowest BCUT2D eigenvalue weighted by atomic mass is 9.97. The van der Waals surface area contributed by atoms with Crippen molar-refractivity contribution in [3.8, 4) is 5.75 Å². The molecule has 3 rings (SSSR count). The van der Waals surface area contributed by atoms with Crippen molar-refractivity contribution in [3.63, 3.8) is 0 Å². The summed E-state index contributed by atoms with van der Waals surface area (Å²) in [4.78, 5) is 0.742. The third kappa shape index (κ3) is 4.86. The SMILES string of the molecule is COc1cccc(N[C@H]2[C@@H](O)[C@@H](Sc3ccc(Cl)c(Cl)c3)O[C@H](CO)[C@@H]2O)c1. The zero-order chi connectivity index (χ0) is 20.3. The van der Waals surface area contributed by atoms with Crippen LogP contribution < -0.4 is 10.1 Å². The molecule has 2 aromatic carbocycles. The standard InChI is InChI=1S/C19H21Cl2NO5S/c1-26-11-4-2-3-10(7-11)22-16-17(24)15(9-23)27-19(18(16)25)28-12-5-6-13(20)14(21)8-12/h2-8,15-19,22-25H,9H2,1H3/t15-,16-,17+,18-,19-/m1/s1. The second kappa shape index (κ2) is 9.54. The molecule has 1 fully saturated rings. The Labute approximate surface area is 177 Å². The normalized spacial score (nSPS) is 27.4. The molecule has 0 aromatic heterocycles. The van der Waals surface area contributed by atoms with Gasteiger partial charge in [0, 0.05) is 16.6 Å². The summed E-state index contributed by atoms with van der Waals surface area (Å²) in [6.45, 7) is -0.386. The second-order valence-electron chi connectivity index (χ2n) is 6.30. The fourth-order valence-corrected chi connectivity index (χ4v) is 4.42. The molecule has 0 radical (unpaired) electrons. The first-order valence-corrected chi connectivity index (χ1v) is 10.2. The molecule has 0 aliphatic carbocycles. The van der Waals surface area contributed by atoms with Gasteiger partial charge in [-0.3, -0.25) is 0 Å². The van der Waals surface area contributed by atoms with Gasteiger partial charge in [-0.15, -0.1) is 0 Å². The number of thioether (sulfide) groups is 1. The highest BCUT2D eigenvalue weighted by molar-refractivity contribution is 7.99. The Morgan fingerprint density at radius 2 is 1.89 bits per heavy atom. The molecule has 0 bridgehead atoms. The molecule has 0 spiro atoms. The molecular formula is C19H21Cl2NO5S. The fourth-order valence-electron chi connectivity index (χ4n) is 2.94. The molecule has 1 heterocycles. The lowest BCUT2D eigenvalue weighted by Gasteiger charge is -2.42. The van der Waals surface area contributed by atoms with Crippen LogP contribution in [0.2, 0.25) is 10.0 Å². The van der Waals surface area contributed by atoms with E-state index in [0.29, 0.717) is 21.5 Å². The van der Waals surface area contributed by atoms with Crippen LogP contribution in [0.4, 0.5) is 5.69 Å². The predicted molar refractivity (Wildman–Crippen MR) is 110 cm³/mol. The van der Waals surface area contributed by atoms with Gasteiger partial charge < -0.3 is 30.1 Å². The van der Waals surface area contributed by atoms with E-state index in [0.717, 1.165) is 4.90 Å². The lowest BCUT2D eigenvalue weighted by Crippen LogP contribution is -2.60. The van der Waals surface area contributed by atoms with Gasteiger partial charge in [-0.05, 0) is 30.3 Å².